The summed E-state index contributed by atoms with van der Waals surface area (Å²) in [6.45, 7) is 1.61. The lowest BCUT2D eigenvalue weighted by atomic mass is 10.2. The molecule has 2 aliphatic rings. The third-order valence-electron chi connectivity index (χ3n) is 3.01. The van der Waals surface area contributed by atoms with Crippen LogP contribution < -0.4 is 5.32 Å². The van der Waals surface area contributed by atoms with E-state index in [2.05, 4.69) is 5.32 Å². The summed E-state index contributed by atoms with van der Waals surface area (Å²) in [4.78, 5) is 13.6. The van der Waals surface area contributed by atoms with Crippen molar-refractivity contribution in [2.75, 3.05) is 31.1 Å². The molecule has 6 heteroatoms. The summed E-state index contributed by atoms with van der Waals surface area (Å²) in [6, 6.07) is -0.0780. The molecule has 2 fully saturated rings. The smallest absolute Gasteiger partial charge is 0.239 e. The summed E-state index contributed by atoms with van der Waals surface area (Å²) >= 11 is 0. The summed E-state index contributed by atoms with van der Waals surface area (Å²) in [5.74, 6) is 0.305. The summed E-state index contributed by atoms with van der Waals surface area (Å²) < 4.78 is 22.4. The van der Waals surface area contributed by atoms with E-state index in [1.807, 2.05) is 0 Å². The number of rotatable bonds is 1. The van der Waals surface area contributed by atoms with Crippen molar-refractivity contribution in [2.45, 2.75) is 18.9 Å². The molecule has 0 spiro atoms. The molecule has 0 aromatic heterocycles. The summed E-state index contributed by atoms with van der Waals surface area (Å²) in [5.41, 5.74) is 0. The van der Waals surface area contributed by atoms with Gasteiger partial charge in [0.25, 0.3) is 0 Å². The Hall–Kier alpha value is -0.620. The maximum absolute atomic E-state index is 11.9. The van der Waals surface area contributed by atoms with E-state index in [0.29, 0.717) is 13.1 Å². The lowest BCUT2D eigenvalue weighted by Crippen LogP contribution is -2.50. The third-order valence-corrected chi connectivity index (χ3v) is 4.62. The average molecular weight is 232 g/mol. The average Bonchev–Trinajstić information content (AvgIpc) is 2.69. The molecule has 0 aromatic carbocycles. The Morgan fingerprint density at radius 1 is 1.27 bits per heavy atom. The molecule has 0 saturated carbocycles. The monoisotopic (exact) mass is 232 g/mol. The number of carbonyl (C=O) groups is 1. The van der Waals surface area contributed by atoms with Crippen LogP contribution in [0, 0.1) is 0 Å². The third kappa shape index (κ3) is 2.49. The van der Waals surface area contributed by atoms with Crippen LogP contribution in [0.3, 0.4) is 0 Å². The molecule has 2 rings (SSSR count). The second kappa shape index (κ2) is 4.09. The zero-order chi connectivity index (χ0) is 10.9. The number of hydrogen-bond donors (Lipinski definition) is 1. The second-order valence-corrected chi connectivity index (χ2v) is 6.43. The second-order valence-electron chi connectivity index (χ2n) is 4.13. The maximum atomic E-state index is 11.9. The van der Waals surface area contributed by atoms with Crippen molar-refractivity contribution in [3.8, 4) is 0 Å². The number of amides is 1. The van der Waals surface area contributed by atoms with Crippen LogP contribution in [0.5, 0.6) is 0 Å². The zero-order valence-electron chi connectivity index (χ0n) is 8.61. The fraction of sp³-hybridized carbons (Fsp3) is 0.889. The summed E-state index contributed by atoms with van der Waals surface area (Å²) in [6.07, 6.45) is 1.91. The van der Waals surface area contributed by atoms with E-state index in [4.69, 9.17) is 0 Å². The standard InChI is InChI=1S/C9H16N2O3S/c12-9(8-2-1-3-10-8)11-4-6-15(13,14)7-5-11/h8,10H,1-7H2/t8-/m1/s1. The zero-order valence-corrected chi connectivity index (χ0v) is 9.42. The lowest BCUT2D eigenvalue weighted by Gasteiger charge is -2.29. The Labute approximate surface area is 89.7 Å². The fourth-order valence-electron chi connectivity index (χ4n) is 2.05. The summed E-state index contributed by atoms with van der Waals surface area (Å²) in [7, 11) is -2.89. The van der Waals surface area contributed by atoms with Crippen molar-refractivity contribution in [2.24, 2.45) is 0 Å². The maximum Gasteiger partial charge on any atom is 0.239 e. The minimum atomic E-state index is -2.89. The van der Waals surface area contributed by atoms with Crippen LogP contribution in [-0.2, 0) is 14.6 Å². The SMILES string of the molecule is O=C([C@H]1CCCN1)N1CCS(=O)(=O)CC1. The van der Waals surface area contributed by atoms with Crippen LogP contribution in [0.25, 0.3) is 0 Å². The van der Waals surface area contributed by atoms with Gasteiger partial charge in [0.05, 0.1) is 17.5 Å². The predicted molar refractivity (Wildman–Crippen MR) is 56.3 cm³/mol. The van der Waals surface area contributed by atoms with Gasteiger partial charge in [-0.1, -0.05) is 0 Å². The van der Waals surface area contributed by atoms with E-state index in [1.54, 1.807) is 4.90 Å². The van der Waals surface area contributed by atoms with Crippen molar-refractivity contribution in [3.63, 3.8) is 0 Å². The van der Waals surface area contributed by atoms with Gasteiger partial charge in [0.2, 0.25) is 5.91 Å². The van der Waals surface area contributed by atoms with Gasteiger partial charge < -0.3 is 10.2 Å². The molecule has 2 saturated heterocycles. The van der Waals surface area contributed by atoms with Crippen LogP contribution >= 0.6 is 0 Å². The molecular weight excluding hydrogens is 216 g/mol. The van der Waals surface area contributed by atoms with E-state index < -0.39 is 9.84 Å². The number of carbonyl (C=O) groups excluding carboxylic acids is 1. The largest absolute Gasteiger partial charge is 0.339 e. The molecular formula is C9H16N2O3S. The van der Waals surface area contributed by atoms with Crippen LogP contribution in [-0.4, -0.2) is 56.4 Å². The van der Waals surface area contributed by atoms with Gasteiger partial charge in [0.1, 0.15) is 0 Å². The number of hydrogen-bond acceptors (Lipinski definition) is 4. The molecule has 5 nitrogen and oxygen atoms in total. The van der Waals surface area contributed by atoms with E-state index in [9.17, 15) is 13.2 Å². The molecule has 0 bridgehead atoms. The van der Waals surface area contributed by atoms with Crippen LogP contribution in [0.1, 0.15) is 12.8 Å². The van der Waals surface area contributed by atoms with E-state index in [1.165, 1.54) is 0 Å². The van der Waals surface area contributed by atoms with Gasteiger partial charge in [-0.15, -0.1) is 0 Å². The van der Waals surface area contributed by atoms with Gasteiger partial charge in [-0.25, -0.2) is 8.42 Å². The molecule has 0 radical (unpaired) electrons. The van der Waals surface area contributed by atoms with E-state index in [-0.39, 0.29) is 23.5 Å². The van der Waals surface area contributed by atoms with Crippen LogP contribution in [0.2, 0.25) is 0 Å². The van der Waals surface area contributed by atoms with E-state index >= 15 is 0 Å². The predicted octanol–water partition coefficient (Wildman–Crippen LogP) is -1.00. The quantitative estimate of drug-likeness (QED) is 0.629. The van der Waals surface area contributed by atoms with Crippen molar-refractivity contribution in [1.82, 2.24) is 10.2 Å². The topological polar surface area (TPSA) is 66.5 Å². The Morgan fingerprint density at radius 3 is 2.47 bits per heavy atom. The number of nitrogens with zero attached hydrogens (tertiary/aromatic N) is 1. The van der Waals surface area contributed by atoms with Gasteiger partial charge in [-0.2, -0.15) is 0 Å². The minimum absolute atomic E-state index is 0.0717. The van der Waals surface area contributed by atoms with E-state index in [0.717, 1.165) is 19.4 Å². The molecule has 1 N–H and O–H groups in total. The molecule has 15 heavy (non-hydrogen) atoms. The first-order valence-corrected chi connectivity index (χ1v) is 7.13. The molecule has 0 aromatic rings. The highest BCUT2D eigenvalue weighted by Gasteiger charge is 2.30. The van der Waals surface area contributed by atoms with Crippen molar-refractivity contribution >= 4 is 15.7 Å². The van der Waals surface area contributed by atoms with Gasteiger partial charge in [-0.05, 0) is 19.4 Å². The van der Waals surface area contributed by atoms with Crippen molar-refractivity contribution in [3.05, 3.63) is 0 Å². The van der Waals surface area contributed by atoms with Crippen molar-refractivity contribution < 1.29 is 13.2 Å². The highest BCUT2D eigenvalue weighted by molar-refractivity contribution is 7.91. The number of nitrogens with one attached hydrogen (secondary N) is 1. The molecule has 1 amide bonds. The molecule has 0 aliphatic carbocycles. The Bertz CT molecular complexity index is 332. The van der Waals surface area contributed by atoms with Gasteiger partial charge in [-0.3, -0.25) is 4.79 Å². The molecule has 1 atom stereocenters. The molecule has 0 unspecified atom stereocenters. The van der Waals surface area contributed by atoms with Gasteiger partial charge >= 0.3 is 0 Å². The van der Waals surface area contributed by atoms with Crippen LogP contribution in [0.4, 0.5) is 0 Å². The first-order valence-electron chi connectivity index (χ1n) is 5.31. The Morgan fingerprint density at radius 2 is 1.93 bits per heavy atom. The van der Waals surface area contributed by atoms with Crippen molar-refractivity contribution in [1.29, 1.82) is 0 Å². The Balaban J connectivity index is 1.92. The summed E-state index contributed by atoms with van der Waals surface area (Å²) in [5, 5.41) is 3.13. The molecule has 2 heterocycles. The fourth-order valence-corrected chi connectivity index (χ4v) is 3.25. The Kier molecular flexibility index (Phi) is 2.97. The molecule has 86 valence electrons. The van der Waals surface area contributed by atoms with Crippen LogP contribution in [0.15, 0.2) is 0 Å². The van der Waals surface area contributed by atoms with Gasteiger partial charge in [0, 0.05) is 13.1 Å². The highest BCUT2D eigenvalue weighted by Crippen LogP contribution is 2.11. The highest BCUT2D eigenvalue weighted by atomic mass is 32.2. The first kappa shape index (κ1) is 10.9. The lowest BCUT2D eigenvalue weighted by molar-refractivity contribution is -0.132. The molecule has 2 aliphatic heterocycles. The minimum Gasteiger partial charge on any atom is -0.339 e. The first-order chi connectivity index (χ1) is 7.08. The van der Waals surface area contributed by atoms with Gasteiger partial charge in [0.15, 0.2) is 9.84 Å². The number of sulfone groups is 1. The normalized spacial score (nSPS) is 30.4.